The zero-order chi connectivity index (χ0) is 21.4. The summed E-state index contributed by atoms with van der Waals surface area (Å²) < 4.78 is 42.8. The van der Waals surface area contributed by atoms with Gasteiger partial charge in [0.05, 0.1) is 17.7 Å². The summed E-state index contributed by atoms with van der Waals surface area (Å²) in [6.07, 6.45) is -1.87. The monoisotopic (exact) mass is 411 g/mol. The number of aliphatic hydroxyl groups is 1. The maximum absolute atomic E-state index is 12.4. The molecule has 1 fully saturated rings. The number of hydrogen-bond acceptors (Lipinski definition) is 4. The molecular weight excluding hydrogens is 387 g/mol. The lowest BCUT2D eigenvalue weighted by atomic mass is 9.79. The first-order valence-electron chi connectivity index (χ1n) is 9.38. The molecule has 1 aromatic carbocycles. The van der Waals surface area contributed by atoms with E-state index in [1.165, 1.54) is 12.1 Å². The van der Waals surface area contributed by atoms with Crippen LogP contribution >= 0.6 is 0 Å². The van der Waals surface area contributed by atoms with Gasteiger partial charge in [0.1, 0.15) is 5.75 Å². The van der Waals surface area contributed by atoms with Crippen LogP contribution in [-0.4, -0.2) is 32.8 Å². The zero-order valence-electron chi connectivity index (χ0n) is 16.5. The molecule has 0 atom stereocenters. The number of carbonyl (C=O) groups is 1. The van der Waals surface area contributed by atoms with Crippen LogP contribution in [-0.2, 0) is 11.8 Å². The molecule has 1 aliphatic rings. The van der Waals surface area contributed by atoms with Crippen LogP contribution in [0.2, 0.25) is 0 Å². The Labute approximate surface area is 166 Å². The number of nitrogens with zero attached hydrogens (tertiary/aromatic N) is 2. The summed E-state index contributed by atoms with van der Waals surface area (Å²) in [5.41, 5.74) is 1.14. The number of halogens is 3. The summed E-state index contributed by atoms with van der Waals surface area (Å²) in [4.78, 5) is 12.3. The Morgan fingerprint density at radius 2 is 1.90 bits per heavy atom. The molecule has 2 aromatic rings. The van der Waals surface area contributed by atoms with Gasteiger partial charge in [0, 0.05) is 18.2 Å². The summed E-state index contributed by atoms with van der Waals surface area (Å²) in [7, 11) is 1.73. The Morgan fingerprint density at radius 1 is 1.28 bits per heavy atom. The summed E-state index contributed by atoms with van der Waals surface area (Å²) in [5, 5.41) is 17.1. The van der Waals surface area contributed by atoms with E-state index in [-0.39, 0.29) is 24.0 Å². The maximum atomic E-state index is 12.4. The van der Waals surface area contributed by atoms with Gasteiger partial charge >= 0.3 is 6.36 Å². The van der Waals surface area contributed by atoms with E-state index in [0.717, 1.165) is 30.5 Å². The van der Waals surface area contributed by atoms with Gasteiger partial charge < -0.3 is 15.2 Å². The summed E-state index contributed by atoms with van der Waals surface area (Å²) >= 11 is 0. The van der Waals surface area contributed by atoms with Crippen molar-refractivity contribution in [2.24, 2.45) is 7.05 Å². The van der Waals surface area contributed by atoms with Crippen molar-refractivity contribution in [3.8, 4) is 17.0 Å². The highest BCUT2D eigenvalue weighted by Gasteiger charge is 2.32. The van der Waals surface area contributed by atoms with E-state index >= 15 is 0 Å². The van der Waals surface area contributed by atoms with Gasteiger partial charge in [-0.15, -0.1) is 13.2 Å². The Bertz CT molecular complexity index is 879. The van der Waals surface area contributed by atoms with E-state index in [9.17, 15) is 23.1 Å². The molecule has 0 aliphatic heterocycles. The van der Waals surface area contributed by atoms with Crippen LogP contribution < -0.4 is 10.1 Å². The highest BCUT2D eigenvalue weighted by molar-refractivity contribution is 5.92. The molecule has 9 heteroatoms. The summed E-state index contributed by atoms with van der Waals surface area (Å²) in [6.45, 7) is 3.10. The van der Waals surface area contributed by atoms with Crippen molar-refractivity contribution in [2.75, 3.05) is 5.32 Å². The summed E-state index contributed by atoms with van der Waals surface area (Å²) in [5.74, 6) is -0.0109. The van der Waals surface area contributed by atoms with E-state index in [0.29, 0.717) is 11.4 Å². The molecule has 0 radical (unpaired) electrons. The number of aromatic nitrogens is 2. The molecule has 0 bridgehead atoms. The third-order valence-electron chi connectivity index (χ3n) is 4.81. The predicted molar refractivity (Wildman–Crippen MR) is 101 cm³/mol. The van der Waals surface area contributed by atoms with Gasteiger partial charge in [-0.25, -0.2) is 0 Å². The minimum absolute atomic E-state index is 0.0769. The SMILES string of the molecule is Cn1nc(NC(=O)CC(C)(C)O)c(C2CCC2)c1-c1ccc(OC(F)(F)F)cc1. The van der Waals surface area contributed by atoms with E-state index in [1.807, 2.05) is 0 Å². The van der Waals surface area contributed by atoms with Crippen molar-refractivity contribution in [3.05, 3.63) is 29.8 Å². The molecule has 29 heavy (non-hydrogen) atoms. The second kappa shape index (κ2) is 7.70. The van der Waals surface area contributed by atoms with Gasteiger partial charge in [-0.3, -0.25) is 9.48 Å². The predicted octanol–water partition coefficient (Wildman–Crippen LogP) is 4.35. The molecule has 2 N–H and O–H groups in total. The van der Waals surface area contributed by atoms with Gasteiger partial charge in [-0.05, 0) is 56.9 Å². The molecule has 1 heterocycles. The van der Waals surface area contributed by atoms with Gasteiger partial charge in [0.25, 0.3) is 0 Å². The largest absolute Gasteiger partial charge is 0.573 e. The number of alkyl halides is 3. The number of nitrogens with one attached hydrogen (secondary N) is 1. The number of ether oxygens (including phenoxy) is 1. The quantitative estimate of drug-likeness (QED) is 0.741. The standard InChI is InChI=1S/C20H24F3N3O3/c1-19(2,28)11-15(27)24-18-16(12-5-4-6-12)17(26(3)25-18)13-7-9-14(10-8-13)29-20(21,22)23/h7-10,12,28H,4-6,11H2,1-3H3,(H,24,25,27). The van der Waals surface area contributed by atoms with Gasteiger partial charge in [0.15, 0.2) is 5.82 Å². The maximum Gasteiger partial charge on any atom is 0.573 e. The van der Waals surface area contributed by atoms with Gasteiger partial charge in [0.2, 0.25) is 5.91 Å². The van der Waals surface area contributed by atoms with Crippen LogP contribution in [0.1, 0.15) is 51.0 Å². The highest BCUT2D eigenvalue weighted by atomic mass is 19.4. The third kappa shape index (κ3) is 5.29. The minimum atomic E-state index is -4.75. The van der Waals surface area contributed by atoms with E-state index in [4.69, 9.17) is 0 Å². The van der Waals surface area contributed by atoms with Crippen molar-refractivity contribution >= 4 is 11.7 Å². The molecule has 1 saturated carbocycles. The first kappa shape index (κ1) is 21.2. The Hall–Kier alpha value is -2.55. The molecule has 1 aromatic heterocycles. The van der Waals surface area contributed by atoms with Crippen LogP contribution in [0.4, 0.5) is 19.0 Å². The van der Waals surface area contributed by atoms with Crippen LogP contribution in [0.15, 0.2) is 24.3 Å². The lowest BCUT2D eigenvalue weighted by Crippen LogP contribution is -2.27. The average molecular weight is 411 g/mol. The number of carbonyl (C=O) groups excluding carboxylic acids is 1. The molecule has 0 saturated heterocycles. The number of amides is 1. The second-order valence-corrected chi connectivity index (χ2v) is 7.97. The van der Waals surface area contributed by atoms with Crippen molar-refractivity contribution in [2.45, 2.75) is 57.4 Å². The number of aryl methyl sites for hydroxylation is 1. The molecule has 0 spiro atoms. The topological polar surface area (TPSA) is 76.4 Å². The Morgan fingerprint density at radius 3 is 2.38 bits per heavy atom. The van der Waals surface area contributed by atoms with Crippen molar-refractivity contribution in [1.82, 2.24) is 9.78 Å². The van der Waals surface area contributed by atoms with Gasteiger partial charge in [-0.1, -0.05) is 6.42 Å². The first-order valence-corrected chi connectivity index (χ1v) is 9.38. The highest BCUT2D eigenvalue weighted by Crippen LogP contribution is 2.45. The molecular formula is C20H24F3N3O3. The minimum Gasteiger partial charge on any atom is -0.406 e. The molecule has 3 rings (SSSR count). The fourth-order valence-corrected chi connectivity index (χ4v) is 3.44. The van der Waals surface area contributed by atoms with Crippen molar-refractivity contribution < 1.29 is 27.8 Å². The summed E-state index contributed by atoms with van der Waals surface area (Å²) in [6, 6.07) is 5.60. The fourth-order valence-electron chi connectivity index (χ4n) is 3.44. The van der Waals surface area contributed by atoms with E-state index < -0.39 is 12.0 Å². The fraction of sp³-hybridized carbons (Fsp3) is 0.500. The number of hydrogen-bond donors (Lipinski definition) is 2. The third-order valence-corrected chi connectivity index (χ3v) is 4.81. The second-order valence-electron chi connectivity index (χ2n) is 7.97. The lowest BCUT2D eigenvalue weighted by Gasteiger charge is -2.27. The molecule has 158 valence electrons. The molecule has 0 unspecified atom stereocenters. The molecule has 1 amide bonds. The number of rotatable bonds is 6. The lowest BCUT2D eigenvalue weighted by molar-refractivity contribution is -0.274. The smallest absolute Gasteiger partial charge is 0.406 e. The average Bonchev–Trinajstić information content (AvgIpc) is 2.79. The van der Waals surface area contributed by atoms with Crippen molar-refractivity contribution in [1.29, 1.82) is 0 Å². The molecule has 1 aliphatic carbocycles. The number of benzene rings is 1. The van der Waals surface area contributed by atoms with Crippen molar-refractivity contribution in [3.63, 3.8) is 0 Å². The van der Waals surface area contributed by atoms with Crippen LogP contribution in [0.5, 0.6) is 5.75 Å². The first-order chi connectivity index (χ1) is 13.4. The molecule has 6 nitrogen and oxygen atoms in total. The Balaban J connectivity index is 1.92. The normalized spacial score (nSPS) is 15.1. The van der Waals surface area contributed by atoms with Crippen LogP contribution in [0.3, 0.4) is 0 Å². The van der Waals surface area contributed by atoms with Crippen LogP contribution in [0.25, 0.3) is 11.3 Å². The van der Waals surface area contributed by atoms with Crippen LogP contribution in [0, 0.1) is 0 Å². The van der Waals surface area contributed by atoms with Gasteiger partial charge in [-0.2, -0.15) is 5.10 Å². The number of anilines is 1. The van der Waals surface area contributed by atoms with E-state index in [2.05, 4.69) is 15.2 Å². The zero-order valence-corrected chi connectivity index (χ0v) is 16.5. The Kier molecular flexibility index (Phi) is 5.62. The van der Waals surface area contributed by atoms with E-state index in [1.54, 1.807) is 37.7 Å².